The van der Waals surface area contributed by atoms with Crippen molar-refractivity contribution < 1.29 is 34.0 Å². The lowest BCUT2D eigenvalue weighted by Crippen LogP contribution is -2.27. The van der Waals surface area contributed by atoms with Gasteiger partial charge in [-0.2, -0.15) is 9.78 Å². The van der Waals surface area contributed by atoms with E-state index in [4.69, 9.17) is 19.3 Å². The molecule has 0 unspecified atom stereocenters. The molecule has 0 saturated heterocycles. The molecule has 2 aromatic heterocycles. The van der Waals surface area contributed by atoms with Crippen molar-refractivity contribution in [3.05, 3.63) is 78.4 Å². The highest BCUT2D eigenvalue weighted by Crippen LogP contribution is 2.36. The number of hydrogen-bond donors (Lipinski definition) is 2. The van der Waals surface area contributed by atoms with Crippen LogP contribution in [0.2, 0.25) is 0 Å². The van der Waals surface area contributed by atoms with Crippen LogP contribution >= 0.6 is 15.9 Å². The van der Waals surface area contributed by atoms with Gasteiger partial charge in [-0.15, -0.1) is 0 Å². The average molecular weight is 681 g/mol. The summed E-state index contributed by atoms with van der Waals surface area (Å²) in [4.78, 5) is 25.6. The maximum atomic E-state index is 13.5. The zero-order chi connectivity index (χ0) is 32.9. The van der Waals surface area contributed by atoms with Gasteiger partial charge in [-0.3, -0.25) is 0 Å². The van der Waals surface area contributed by atoms with E-state index in [-0.39, 0.29) is 0 Å². The van der Waals surface area contributed by atoms with Crippen molar-refractivity contribution in [2.45, 2.75) is 59.4 Å². The van der Waals surface area contributed by atoms with Crippen molar-refractivity contribution in [3.8, 4) is 22.9 Å². The van der Waals surface area contributed by atoms with Crippen LogP contribution in [-0.2, 0) is 11.3 Å². The quantitative estimate of drug-likeness (QED) is 0.165. The Labute approximate surface area is 270 Å². The summed E-state index contributed by atoms with van der Waals surface area (Å²) >= 11 is 3.36. The van der Waals surface area contributed by atoms with Crippen molar-refractivity contribution in [2.75, 3.05) is 11.9 Å². The summed E-state index contributed by atoms with van der Waals surface area (Å²) in [6.07, 6.45) is -1.86. The van der Waals surface area contributed by atoms with Gasteiger partial charge in [0.2, 0.25) is 0 Å². The molecule has 0 atom stereocenters. The molecule has 0 bridgehead atoms. The van der Waals surface area contributed by atoms with Crippen LogP contribution in [0.4, 0.5) is 9.59 Å². The van der Waals surface area contributed by atoms with Gasteiger partial charge in [-0.1, -0.05) is 46.3 Å². The molecule has 0 spiro atoms. The molecule has 0 amide bonds. The third-order valence-corrected chi connectivity index (χ3v) is 6.34. The van der Waals surface area contributed by atoms with Gasteiger partial charge < -0.3 is 24.4 Å². The van der Waals surface area contributed by atoms with Gasteiger partial charge in [0.05, 0.1) is 28.9 Å². The number of carbonyl (C=O) groups excluding carboxylic acids is 1. The molecule has 0 aliphatic rings. The second-order valence-corrected chi connectivity index (χ2v) is 13.1. The fourth-order valence-corrected chi connectivity index (χ4v) is 4.54. The summed E-state index contributed by atoms with van der Waals surface area (Å²) in [5.41, 5.74) is 1.35. The minimum absolute atomic E-state index is 0.299. The van der Waals surface area contributed by atoms with Gasteiger partial charge in [-0.05, 0) is 89.6 Å². The number of carbonyl (C=O) groups is 2. The number of halogens is 1. The van der Waals surface area contributed by atoms with Crippen LogP contribution in [0.5, 0.6) is 11.5 Å². The van der Waals surface area contributed by atoms with Gasteiger partial charge in [0, 0.05) is 16.1 Å². The molecular weight excluding hydrogens is 642 g/mol. The lowest BCUT2D eigenvalue weighted by atomic mass is 10.1. The molecule has 11 heteroatoms. The lowest BCUT2D eigenvalue weighted by Gasteiger charge is -2.20. The smallest absolute Gasteiger partial charge is 0.432 e. The molecule has 0 aliphatic carbocycles. The van der Waals surface area contributed by atoms with Crippen LogP contribution in [0.25, 0.3) is 33.2 Å². The Bertz CT molecular complexity index is 1790. The number of carboxylic acid groups (broad SMARTS) is 1. The number of aromatic nitrogens is 3. The van der Waals surface area contributed by atoms with E-state index in [0.29, 0.717) is 63.2 Å². The fourth-order valence-electron chi connectivity index (χ4n) is 4.38. The highest BCUT2D eigenvalue weighted by molar-refractivity contribution is 9.09. The number of ether oxygens (including phenoxy) is 3. The molecule has 238 valence electrons. The lowest BCUT2D eigenvalue weighted by molar-refractivity contribution is 0.0547. The summed E-state index contributed by atoms with van der Waals surface area (Å²) in [6, 6.07) is 22.0. The number of fused-ring (bicyclic) bond motifs is 2. The fraction of sp³-hybridized carbons (Fsp3) is 0.324. The normalized spacial score (nSPS) is 11.6. The Kier molecular flexibility index (Phi) is 10.2. The predicted molar refractivity (Wildman–Crippen MR) is 178 cm³/mol. The van der Waals surface area contributed by atoms with E-state index in [1.54, 1.807) is 77.9 Å². The van der Waals surface area contributed by atoms with Crippen LogP contribution < -0.4 is 9.47 Å². The first-order valence-electron chi connectivity index (χ1n) is 14.4. The number of benzene rings is 3. The van der Waals surface area contributed by atoms with Crippen molar-refractivity contribution in [1.29, 1.82) is 0 Å². The molecule has 2 heterocycles. The Morgan fingerprint density at radius 2 is 1.49 bits per heavy atom. The number of alkyl halides is 1. The van der Waals surface area contributed by atoms with Crippen LogP contribution in [0.15, 0.2) is 72.8 Å². The van der Waals surface area contributed by atoms with Crippen LogP contribution in [0.3, 0.4) is 0 Å². The Hall–Kier alpha value is -4.35. The number of rotatable bonds is 7. The molecular formula is C34H38BrN3O7. The topological polar surface area (TPSA) is 125 Å². The molecule has 10 nitrogen and oxygen atoms in total. The van der Waals surface area contributed by atoms with Crippen molar-refractivity contribution >= 4 is 49.9 Å². The number of aliphatic hydroxyl groups is 1. The summed E-state index contributed by atoms with van der Waals surface area (Å²) < 4.78 is 19.8. The zero-order valence-corrected chi connectivity index (χ0v) is 27.8. The van der Waals surface area contributed by atoms with Gasteiger partial charge in [0.15, 0.2) is 0 Å². The second kappa shape index (κ2) is 13.7. The van der Waals surface area contributed by atoms with Crippen LogP contribution in [-0.4, -0.2) is 59.9 Å². The maximum Gasteiger partial charge on any atom is 0.432 e. The SMILES string of the molecule is CC(C)(C)O.CC(C)(C)OC(=O)n1c(-c2nn(C(=O)O)c3ccc(OCc4ccccc4)cc23)cc2cc(OCCBr)ccc21. The Morgan fingerprint density at radius 1 is 0.867 bits per heavy atom. The molecule has 45 heavy (non-hydrogen) atoms. The van der Waals surface area contributed by atoms with Gasteiger partial charge in [0.25, 0.3) is 0 Å². The summed E-state index contributed by atoms with van der Waals surface area (Å²) in [7, 11) is 0. The van der Waals surface area contributed by atoms with Crippen LogP contribution in [0, 0.1) is 0 Å². The van der Waals surface area contributed by atoms with E-state index < -0.39 is 23.4 Å². The maximum absolute atomic E-state index is 13.5. The first kappa shape index (κ1) is 33.5. The van der Waals surface area contributed by atoms with E-state index in [2.05, 4.69) is 21.0 Å². The molecule has 5 rings (SSSR count). The third kappa shape index (κ3) is 8.86. The van der Waals surface area contributed by atoms with Gasteiger partial charge in [0.1, 0.15) is 29.4 Å². The Morgan fingerprint density at radius 3 is 2.09 bits per heavy atom. The Balaban J connectivity index is 0.000000854. The third-order valence-electron chi connectivity index (χ3n) is 6.02. The monoisotopic (exact) mass is 679 g/mol. The van der Waals surface area contributed by atoms with E-state index in [1.165, 1.54) is 4.57 Å². The largest absolute Gasteiger partial charge is 0.493 e. The summed E-state index contributed by atoms with van der Waals surface area (Å²) in [5.74, 6) is 1.17. The molecule has 0 fully saturated rings. The molecule has 2 N–H and O–H groups in total. The van der Waals surface area contributed by atoms with Gasteiger partial charge >= 0.3 is 12.2 Å². The predicted octanol–water partition coefficient (Wildman–Crippen LogP) is 8.10. The molecule has 3 aromatic carbocycles. The van der Waals surface area contributed by atoms with E-state index >= 15 is 0 Å². The summed E-state index contributed by atoms with van der Waals surface area (Å²) in [6.45, 7) is 11.4. The first-order valence-corrected chi connectivity index (χ1v) is 15.5. The minimum atomic E-state index is -1.25. The van der Waals surface area contributed by atoms with E-state index in [0.717, 1.165) is 10.2 Å². The molecule has 0 saturated carbocycles. The first-order chi connectivity index (χ1) is 21.1. The van der Waals surface area contributed by atoms with Crippen LogP contribution in [0.1, 0.15) is 47.1 Å². The second-order valence-electron chi connectivity index (χ2n) is 12.3. The highest BCUT2D eigenvalue weighted by atomic mass is 79.9. The molecule has 0 aliphatic heterocycles. The van der Waals surface area contributed by atoms with Crippen molar-refractivity contribution in [1.82, 2.24) is 14.3 Å². The molecule has 5 aromatic rings. The summed E-state index contributed by atoms with van der Waals surface area (Å²) in [5, 5.41) is 24.7. The van der Waals surface area contributed by atoms with Crippen molar-refractivity contribution in [2.24, 2.45) is 0 Å². The zero-order valence-electron chi connectivity index (χ0n) is 26.2. The van der Waals surface area contributed by atoms with E-state index in [1.807, 2.05) is 36.4 Å². The number of hydrogen-bond acceptors (Lipinski definition) is 7. The minimum Gasteiger partial charge on any atom is -0.493 e. The molecule has 0 radical (unpaired) electrons. The highest BCUT2D eigenvalue weighted by Gasteiger charge is 2.27. The number of nitrogens with zero attached hydrogens (tertiary/aromatic N) is 3. The standard InChI is InChI=1S/C30H28BrN3O6.C4H10O/c1-30(2,3)40-29(37)33-24-11-9-21(38-14-13-31)15-20(24)16-26(33)27-23-17-22(39-18-19-7-5-4-6-8-19)10-12-25(23)34(32-27)28(35)36;1-4(2,3)5/h4-12,15-17H,13-14,18H2,1-3H3,(H,35,36);5H,1-3H3. The van der Waals surface area contributed by atoms with Gasteiger partial charge in [-0.25, -0.2) is 14.2 Å². The van der Waals surface area contributed by atoms with Crippen molar-refractivity contribution in [3.63, 3.8) is 0 Å². The van der Waals surface area contributed by atoms with E-state index in [9.17, 15) is 14.7 Å². The average Bonchev–Trinajstić information content (AvgIpc) is 3.52.